The summed E-state index contributed by atoms with van der Waals surface area (Å²) < 4.78 is 29.0. The summed E-state index contributed by atoms with van der Waals surface area (Å²) in [7, 11) is -3.72. The molecule has 1 fully saturated rings. The fourth-order valence-electron chi connectivity index (χ4n) is 4.03. The third-order valence-electron chi connectivity index (χ3n) is 5.66. The van der Waals surface area contributed by atoms with Gasteiger partial charge in [0.15, 0.2) is 0 Å². The lowest BCUT2D eigenvalue weighted by atomic mass is 10.1. The minimum absolute atomic E-state index is 0.0219. The predicted molar refractivity (Wildman–Crippen MR) is 118 cm³/mol. The predicted octanol–water partition coefficient (Wildman–Crippen LogP) is 2.89. The highest BCUT2D eigenvalue weighted by atomic mass is 32.2. The Morgan fingerprint density at radius 1 is 1.27 bits per heavy atom. The number of rotatable bonds is 8. The van der Waals surface area contributed by atoms with Crippen LogP contribution in [-0.4, -0.2) is 42.3 Å². The highest BCUT2D eigenvalue weighted by Crippen LogP contribution is 2.22. The zero-order valence-electron chi connectivity index (χ0n) is 17.6. The van der Waals surface area contributed by atoms with E-state index in [9.17, 15) is 18.0 Å². The van der Waals surface area contributed by atoms with Crippen LogP contribution in [0.3, 0.4) is 0 Å². The number of carbonyl (C=O) groups excluding carboxylic acids is 1. The Bertz CT molecular complexity index is 1110. The molecule has 0 aliphatic heterocycles. The SMILES string of the molecule is C=CCn1cc(C(=O)NC2CCCC2)c(=O)c2cc(S(=O)(=O)N(CC)CC)ccc21. The van der Waals surface area contributed by atoms with Crippen molar-refractivity contribution >= 4 is 26.8 Å². The molecule has 0 saturated heterocycles. The van der Waals surface area contributed by atoms with Crippen molar-refractivity contribution in [2.75, 3.05) is 13.1 Å². The van der Waals surface area contributed by atoms with Crippen LogP contribution in [0.1, 0.15) is 49.9 Å². The maximum Gasteiger partial charge on any atom is 0.256 e. The zero-order chi connectivity index (χ0) is 21.9. The largest absolute Gasteiger partial charge is 0.349 e. The normalized spacial score (nSPS) is 15.0. The molecule has 0 bridgehead atoms. The minimum Gasteiger partial charge on any atom is -0.349 e. The summed E-state index contributed by atoms with van der Waals surface area (Å²) in [6, 6.07) is 4.59. The van der Waals surface area contributed by atoms with E-state index in [2.05, 4.69) is 11.9 Å². The Balaban J connectivity index is 2.15. The number of aromatic nitrogens is 1. The van der Waals surface area contributed by atoms with Gasteiger partial charge in [-0.3, -0.25) is 9.59 Å². The Labute approximate surface area is 177 Å². The molecule has 1 heterocycles. The summed E-state index contributed by atoms with van der Waals surface area (Å²) in [6.45, 7) is 8.34. The van der Waals surface area contributed by atoms with E-state index in [0.29, 0.717) is 25.2 Å². The lowest BCUT2D eigenvalue weighted by Crippen LogP contribution is -2.36. The van der Waals surface area contributed by atoms with Gasteiger partial charge in [0, 0.05) is 37.3 Å². The second-order valence-electron chi connectivity index (χ2n) is 7.54. The molecule has 30 heavy (non-hydrogen) atoms. The van der Waals surface area contributed by atoms with Crippen molar-refractivity contribution in [1.29, 1.82) is 0 Å². The average Bonchev–Trinajstić information content (AvgIpc) is 3.23. The van der Waals surface area contributed by atoms with Gasteiger partial charge in [-0.15, -0.1) is 6.58 Å². The van der Waals surface area contributed by atoms with Gasteiger partial charge in [0.05, 0.1) is 10.4 Å². The Morgan fingerprint density at radius 2 is 1.93 bits per heavy atom. The number of pyridine rings is 1. The fraction of sp³-hybridized carbons (Fsp3) is 0.455. The molecule has 1 aromatic heterocycles. The molecule has 8 heteroatoms. The fourth-order valence-corrected chi connectivity index (χ4v) is 5.52. The molecule has 0 atom stereocenters. The summed E-state index contributed by atoms with van der Waals surface area (Å²) in [5.74, 6) is -0.413. The number of amides is 1. The summed E-state index contributed by atoms with van der Waals surface area (Å²) >= 11 is 0. The first-order valence-electron chi connectivity index (χ1n) is 10.4. The Kier molecular flexibility index (Phi) is 6.77. The molecule has 0 spiro atoms. The maximum absolute atomic E-state index is 13.2. The Morgan fingerprint density at radius 3 is 2.53 bits per heavy atom. The number of benzene rings is 1. The number of hydrogen-bond donors (Lipinski definition) is 1. The van der Waals surface area contributed by atoms with Gasteiger partial charge in [0.1, 0.15) is 5.56 Å². The summed E-state index contributed by atoms with van der Waals surface area (Å²) in [4.78, 5) is 26.1. The lowest BCUT2D eigenvalue weighted by molar-refractivity contribution is 0.0936. The number of sulfonamides is 1. The van der Waals surface area contributed by atoms with Crippen molar-refractivity contribution in [1.82, 2.24) is 14.2 Å². The molecule has 2 aromatic rings. The van der Waals surface area contributed by atoms with Gasteiger partial charge >= 0.3 is 0 Å². The smallest absolute Gasteiger partial charge is 0.256 e. The van der Waals surface area contributed by atoms with Crippen LogP contribution in [-0.2, 0) is 16.6 Å². The van der Waals surface area contributed by atoms with Gasteiger partial charge in [-0.1, -0.05) is 32.8 Å². The van der Waals surface area contributed by atoms with E-state index >= 15 is 0 Å². The molecular weight excluding hydrogens is 402 g/mol. The number of nitrogens with one attached hydrogen (secondary N) is 1. The van der Waals surface area contributed by atoms with Gasteiger partial charge < -0.3 is 9.88 Å². The van der Waals surface area contributed by atoms with Crippen molar-refractivity contribution < 1.29 is 13.2 Å². The molecule has 1 aliphatic carbocycles. The maximum atomic E-state index is 13.2. The first kappa shape index (κ1) is 22.2. The molecule has 1 saturated carbocycles. The highest BCUT2D eigenvalue weighted by molar-refractivity contribution is 7.89. The molecule has 3 rings (SSSR count). The molecule has 162 valence electrons. The molecule has 1 aliphatic rings. The quantitative estimate of drug-likeness (QED) is 0.651. The van der Waals surface area contributed by atoms with Gasteiger partial charge in [0.2, 0.25) is 15.5 Å². The van der Waals surface area contributed by atoms with E-state index in [1.165, 1.54) is 22.6 Å². The number of nitrogens with zero attached hydrogens (tertiary/aromatic N) is 2. The number of carbonyl (C=O) groups is 1. The third kappa shape index (κ3) is 4.20. The topological polar surface area (TPSA) is 88.5 Å². The number of hydrogen-bond acceptors (Lipinski definition) is 4. The van der Waals surface area contributed by atoms with Crippen LogP contribution in [0.5, 0.6) is 0 Å². The van der Waals surface area contributed by atoms with Crippen LogP contribution in [0.4, 0.5) is 0 Å². The molecule has 0 unspecified atom stereocenters. The van der Waals surface area contributed by atoms with Crippen molar-refractivity contribution in [2.24, 2.45) is 0 Å². The molecule has 0 radical (unpaired) electrons. The molecule has 7 nitrogen and oxygen atoms in total. The minimum atomic E-state index is -3.72. The van der Waals surface area contributed by atoms with Gasteiger partial charge in [0.25, 0.3) is 5.91 Å². The van der Waals surface area contributed by atoms with Crippen LogP contribution in [0, 0.1) is 0 Å². The zero-order valence-corrected chi connectivity index (χ0v) is 18.4. The second kappa shape index (κ2) is 9.14. The number of allylic oxidation sites excluding steroid dienone is 1. The van der Waals surface area contributed by atoms with Crippen molar-refractivity contribution in [3.63, 3.8) is 0 Å². The average molecular weight is 432 g/mol. The van der Waals surface area contributed by atoms with Crippen LogP contribution in [0.25, 0.3) is 10.9 Å². The first-order valence-corrected chi connectivity index (χ1v) is 11.9. The van der Waals surface area contributed by atoms with Crippen LogP contribution in [0.15, 0.2) is 46.7 Å². The van der Waals surface area contributed by atoms with E-state index in [4.69, 9.17) is 0 Å². The van der Waals surface area contributed by atoms with Crippen LogP contribution in [0.2, 0.25) is 0 Å². The summed E-state index contributed by atoms with van der Waals surface area (Å²) in [5, 5.41) is 3.16. The van der Waals surface area contributed by atoms with E-state index in [1.807, 2.05) is 0 Å². The van der Waals surface area contributed by atoms with Crippen molar-refractivity contribution in [2.45, 2.75) is 57.0 Å². The first-order chi connectivity index (χ1) is 14.3. The molecule has 1 aromatic carbocycles. The lowest BCUT2D eigenvalue weighted by Gasteiger charge is -2.19. The summed E-state index contributed by atoms with van der Waals surface area (Å²) in [6.07, 6.45) is 7.16. The van der Waals surface area contributed by atoms with Gasteiger partial charge in [-0.25, -0.2) is 8.42 Å². The van der Waals surface area contributed by atoms with Crippen LogP contribution >= 0.6 is 0 Å². The Hall–Kier alpha value is -2.45. The van der Waals surface area contributed by atoms with E-state index < -0.39 is 21.4 Å². The van der Waals surface area contributed by atoms with Crippen molar-refractivity contribution in [3.05, 3.63) is 52.8 Å². The molecule has 1 amide bonds. The second-order valence-corrected chi connectivity index (χ2v) is 9.47. The van der Waals surface area contributed by atoms with E-state index in [-0.39, 0.29) is 21.9 Å². The van der Waals surface area contributed by atoms with Gasteiger partial charge in [-0.2, -0.15) is 4.31 Å². The van der Waals surface area contributed by atoms with Gasteiger partial charge in [-0.05, 0) is 31.0 Å². The standard InChI is InChI=1S/C22H29N3O4S/c1-4-13-24-15-19(22(27)23-16-9-7-8-10-16)21(26)18-14-17(11-12-20(18)24)30(28,29)25(5-2)6-3/h4,11-12,14-16H,1,5-10,13H2,2-3H3,(H,23,27). The molecular formula is C22H29N3O4S. The molecule has 1 N–H and O–H groups in total. The van der Waals surface area contributed by atoms with Crippen molar-refractivity contribution in [3.8, 4) is 0 Å². The van der Waals surface area contributed by atoms with Crippen LogP contribution < -0.4 is 10.7 Å². The number of fused-ring (bicyclic) bond motifs is 1. The highest BCUT2D eigenvalue weighted by Gasteiger charge is 2.24. The third-order valence-corrected chi connectivity index (χ3v) is 7.70. The van der Waals surface area contributed by atoms with E-state index in [1.54, 1.807) is 30.6 Å². The summed E-state index contributed by atoms with van der Waals surface area (Å²) in [5.41, 5.74) is 0.127. The monoisotopic (exact) mass is 431 g/mol. The van der Waals surface area contributed by atoms with E-state index in [0.717, 1.165) is 25.7 Å².